The lowest BCUT2D eigenvalue weighted by Gasteiger charge is -2.09. The Morgan fingerprint density at radius 2 is 1.61 bits per heavy atom. The molecule has 9 heteroatoms. The number of carbonyl (C=O) groups excluding carboxylic acids is 1. The largest absolute Gasteiger partial charge is 0.441 e. The molecular weight excluding hydrogens is 421 g/mol. The highest BCUT2D eigenvalue weighted by Gasteiger charge is 2.14. The Morgan fingerprint density at radius 1 is 0.935 bits per heavy atom. The Hall–Kier alpha value is -3.72. The van der Waals surface area contributed by atoms with Crippen molar-refractivity contribution in [2.24, 2.45) is 0 Å². The predicted molar refractivity (Wildman–Crippen MR) is 115 cm³/mol. The van der Waals surface area contributed by atoms with Gasteiger partial charge in [-0.1, -0.05) is 12.1 Å². The summed E-state index contributed by atoms with van der Waals surface area (Å²) in [4.78, 5) is 16.5. The number of sulfonamides is 1. The molecule has 0 unspecified atom stereocenters. The van der Waals surface area contributed by atoms with E-state index in [1.54, 1.807) is 12.1 Å². The summed E-state index contributed by atoms with van der Waals surface area (Å²) >= 11 is 0. The number of fused-ring (bicyclic) bond motifs is 1. The van der Waals surface area contributed by atoms with Crippen molar-refractivity contribution in [2.45, 2.75) is 17.7 Å². The maximum absolute atomic E-state index is 13.0. The van der Waals surface area contributed by atoms with Crippen LogP contribution < -0.4 is 10.0 Å². The Morgan fingerprint density at radius 3 is 2.32 bits per heavy atom. The second kappa shape index (κ2) is 8.57. The number of rotatable bonds is 7. The maximum Gasteiger partial charge on any atom is 0.261 e. The van der Waals surface area contributed by atoms with Crippen molar-refractivity contribution in [2.75, 3.05) is 10.0 Å². The minimum atomic E-state index is -3.84. The number of nitrogens with one attached hydrogen (secondary N) is 2. The van der Waals surface area contributed by atoms with Crippen LogP contribution in [0.4, 0.5) is 15.8 Å². The quantitative estimate of drug-likeness (QED) is 0.446. The summed E-state index contributed by atoms with van der Waals surface area (Å²) in [6, 6.07) is 18.1. The summed E-state index contributed by atoms with van der Waals surface area (Å²) in [7, 11) is -3.84. The molecule has 0 fully saturated rings. The van der Waals surface area contributed by atoms with Gasteiger partial charge in [-0.15, -0.1) is 0 Å². The molecule has 4 rings (SSSR count). The third kappa shape index (κ3) is 5.07. The first kappa shape index (κ1) is 20.5. The molecule has 0 aliphatic rings. The summed E-state index contributed by atoms with van der Waals surface area (Å²) in [5.41, 5.74) is 2.26. The summed E-state index contributed by atoms with van der Waals surface area (Å²) in [6.07, 6.45) is 0.543. The van der Waals surface area contributed by atoms with Crippen LogP contribution in [-0.2, 0) is 21.2 Å². The Bertz CT molecular complexity index is 1280. The molecule has 31 heavy (non-hydrogen) atoms. The molecule has 0 saturated heterocycles. The van der Waals surface area contributed by atoms with Crippen molar-refractivity contribution in [3.8, 4) is 0 Å². The van der Waals surface area contributed by atoms with Crippen molar-refractivity contribution in [1.82, 2.24) is 4.98 Å². The number of para-hydroxylation sites is 2. The highest BCUT2D eigenvalue weighted by Crippen LogP contribution is 2.19. The number of carbonyl (C=O) groups is 1. The van der Waals surface area contributed by atoms with Crippen LogP contribution >= 0.6 is 0 Å². The van der Waals surface area contributed by atoms with Gasteiger partial charge in [0, 0.05) is 24.2 Å². The van der Waals surface area contributed by atoms with Crippen LogP contribution in [0.25, 0.3) is 11.1 Å². The molecule has 4 aromatic rings. The third-order valence-corrected chi connectivity index (χ3v) is 5.85. The monoisotopic (exact) mass is 439 g/mol. The van der Waals surface area contributed by atoms with Gasteiger partial charge in [0.05, 0.1) is 4.90 Å². The van der Waals surface area contributed by atoms with E-state index in [4.69, 9.17) is 4.42 Å². The van der Waals surface area contributed by atoms with Gasteiger partial charge in [-0.05, 0) is 60.7 Å². The lowest BCUT2D eigenvalue weighted by Crippen LogP contribution is -2.14. The van der Waals surface area contributed by atoms with Crippen molar-refractivity contribution < 1.29 is 22.0 Å². The first-order valence-corrected chi connectivity index (χ1v) is 10.9. The number of hydrogen-bond acceptors (Lipinski definition) is 5. The number of amides is 1. The number of halogens is 1. The molecule has 2 N–H and O–H groups in total. The standard InChI is InChI=1S/C22H18FN3O4S/c23-15-5-11-18(12-6-15)31(28,29)26-17-9-7-16(8-10-17)24-21(27)13-14-22-25-19-3-1-2-4-20(19)30-22/h1-12,26H,13-14H2,(H,24,27). The average Bonchev–Trinajstić information content (AvgIpc) is 3.17. The molecule has 1 heterocycles. The van der Waals surface area contributed by atoms with Gasteiger partial charge >= 0.3 is 0 Å². The topological polar surface area (TPSA) is 101 Å². The number of oxazole rings is 1. The van der Waals surface area contributed by atoms with Crippen LogP contribution in [0.1, 0.15) is 12.3 Å². The number of benzene rings is 3. The summed E-state index contributed by atoms with van der Waals surface area (Å²) in [5.74, 6) is -0.251. The molecule has 3 aromatic carbocycles. The summed E-state index contributed by atoms with van der Waals surface area (Å²) in [5, 5.41) is 2.75. The molecule has 0 radical (unpaired) electrons. The van der Waals surface area contributed by atoms with E-state index in [-0.39, 0.29) is 17.2 Å². The van der Waals surface area contributed by atoms with Crippen LogP contribution in [0, 0.1) is 5.82 Å². The van der Waals surface area contributed by atoms with Crippen molar-refractivity contribution in [3.63, 3.8) is 0 Å². The zero-order valence-corrected chi connectivity index (χ0v) is 17.0. The van der Waals surface area contributed by atoms with Gasteiger partial charge in [0.15, 0.2) is 11.5 Å². The molecular formula is C22H18FN3O4S. The van der Waals surface area contributed by atoms with Gasteiger partial charge in [0.25, 0.3) is 10.0 Å². The zero-order chi connectivity index (χ0) is 21.8. The van der Waals surface area contributed by atoms with Crippen LogP contribution in [0.15, 0.2) is 82.1 Å². The molecule has 7 nitrogen and oxygen atoms in total. The summed E-state index contributed by atoms with van der Waals surface area (Å²) in [6.45, 7) is 0. The SMILES string of the molecule is O=C(CCc1nc2ccccc2o1)Nc1ccc(NS(=O)(=O)c2ccc(F)cc2)cc1. The van der Waals surface area contributed by atoms with Gasteiger partial charge in [-0.3, -0.25) is 9.52 Å². The molecule has 0 spiro atoms. The normalized spacial score (nSPS) is 11.4. The van der Waals surface area contributed by atoms with Crippen LogP contribution in [0.2, 0.25) is 0 Å². The van der Waals surface area contributed by atoms with Gasteiger partial charge in [0.1, 0.15) is 11.3 Å². The first-order valence-electron chi connectivity index (χ1n) is 9.42. The lowest BCUT2D eigenvalue weighted by molar-refractivity contribution is -0.116. The Balaban J connectivity index is 1.33. The van der Waals surface area contributed by atoms with Gasteiger partial charge < -0.3 is 9.73 Å². The smallest absolute Gasteiger partial charge is 0.261 e. The molecule has 0 aliphatic heterocycles. The minimum absolute atomic E-state index is 0.0505. The number of aryl methyl sites for hydroxylation is 1. The molecule has 158 valence electrons. The maximum atomic E-state index is 13.0. The van der Waals surface area contributed by atoms with Crippen LogP contribution in [0.3, 0.4) is 0 Å². The molecule has 0 bridgehead atoms. The molecule has 0 aliphatic carbocycles. The average molecular weight is 439 g/mol. The zero-order valence-electron chi connectivity index (χ0n) is 16.2. The Labute approximate surface area is 178 Å². The van der Waals surface area contributed by atoms with E-state index in [0.717, 1.165) is 17.6 Å². The highest BCUT2D eigenvalue weighted by molar-refractivity contribution is 7.92. The third-order valence-electron chi connectivity index (χ3n) is 4.45. The number of hydrogen-bond donors (Lipinski definition) is 2. The van der Waals surface area contributed by atoms with Gasteiger partial charge in [-0.25, -0.2) is 17.8 Å². The predicted octanol–water partition coefficient (Wildman–Crippen LogP) is 4.34. The lowest BCUT2D eigenvalue weighted by atomic mass is 10.2. The van der Waals surface area contributed by atoms with Gasteiger partial charge in [-0.2, -0.15) is 0 Å². The van der Waals surface area contributed by atoms with Crippen LogP contribution in [-0.4, -0.2) is 19.3 Å². The van der Waals surface area contributed by atoms with E-state index < -0.39 is 15.8 Å². The fraction of sp³-hybridized carbons (Fsp3) is 0.0909. The van der Waals surface area contributed by atoms with Crippen molar-refractivity contribution >= 4 is 38.4 Å². The second-order valence-corrected chi connectivity index (χ2v) is 8.44. The van der Waals surface area contributed by atoms with Crippen molar-refractivity contribution in [1.29, 1.82) is 0 Å². The molecule has 1 amide bonds. The highest BCUT2D eigenvalue weighted by atomic mass is 32.2. The Kier molecular flexibility index (Phi) is 5.68. The fourth-order valence-corrected chi connectivity index (χ4v) is 3.98. The van der Waals surface area contributed by atoms with E-state index in [9.17, 15) is 17.6 Å². The molecule has 0 atom stereocenters. The first-order chi connectivity index (χ1) is 14.9. The van der Waals surface area contributed by atoms with E-state index in [2.05, 4.69) is 15.0 Å². The van der Waals surface area contributed by atoms with Crippen molar-refractivity contribution in [3.05, 3.63) is 84.5 Å². The van der Waals surface area contributed by atoms with Crippen LogP contribution in [0.5, 0.6) is 0 Å². The van der Waals surface area contributed by atoms with Gasteiger partial charge in [0.2, 0.25) is 5.91 Å². The second-order valence-electron chi connectivity index (χ2n) is 6.76. The van der Waals surface area contributed by atoms with E-state index >= 15 is 0 Å². The fourth-order valence-electron chi connectivity index (χ4n) is 2.92. The van der Waals surface area contributed by atoms with E-state index in [0.29, 0.717) is 29.3 Å². The van der Waals surface area contributed by atoms with E-state index in [1.165, 1.54) is 24.3 Å². The molecule has 0 saturated carbocycles. The number of nitrogens with zero attached hydrogens (tertiary/aromatic N) is 1. The summed E-state index contributed by atoms with van der Waals surface area (Å²) < 4.78 is 45.7. The number of anilines is 2. The van der Waals surface area contributed by atoms with E-state index in [1.807, 2.05) is 24.3 Å². The number of aromatic nitrogens is 1. The molecule has 1 aromatic heterocycles. The minimum Gasteiger partial charge on any atom is -0.441 e.